The minimum absolute atomic E-state index is 0.0446. The van der Waals surface area contributed by atoms with E-state index in [2.05, 4.69) is 14.3 Å². The number of fused-ring (bicyclic) bond motifs is 1. The molecule has 1 aromatic carbocycles. The van der Waals surface area contributed by atoms with Crippen molar-refractivity contribution in [1.29, 1.82) is 0 Å². The van der Waals surface area contributed by atoms with E-state index in [1.54, 1.807) is 24.3 Å². The van der Waals surface area contributed by atoms with Gasteiger partial charge in [0.15, 0.2) is 5.69 Å². The predicted molar refractivity (Wildman–Crippen MR) is 147 cm³/mol. The maximum Gasteiger partial charge on any atom is 0.346 e. The van der Waals surface area contributed by atoms with E-state index >= 15 is 0 Å². The number of ether oxygens (including phenoxy) is 2. The molecule has 0 amide bonds. The van der Waals surface area contributed by atoms with Gasteiger partial charge in [0.1, 0.15) is 28.0 Å². The molecule has 0 aliphatic carbocycles. The standard InChI is InChI=1S/C29H28FN5O4S/c1-31-20-6-5-19(22(30)13-20)17-39-27-4-2-3-23(32-27)18-7-10-34(11-8-18)16-26-33-28-24(14-25(40-28)29(36)37)35(26)15-21-9-12-38-21/h2-6,13-14,18,21H,7-12,15-17H2,(H,36,37). The number of halogens is 1. The van der Waals surface area contributed by atoms with Crippen molar-refractivity contribution in [2.24, 2.45) is 0 Å². The van der Waals surface area contributed by atoms with Gasteiger partial charge in [-0.05, 0) is 50.6 Å². The summed E-state index contributed by atoms with van der Waals surface area (Å²) >= 11 is 1.22. The van der Waals surface area contributed by atoms with Crippen LogP contribution in [0.25, 0.3) is 15.2 Å². The number of thiophene rings is 1. The maximum atomic E-state index is 14.2. The molecule has 206 valence electrons. The molecule has 11 heteroatoms. The molecule has 1 atom stereocenters. The fourth-order valence-corrected chi connectivity index (χ4v) is 6.11. The van der Waals surface area contributed by atoms with Crippen molar-refractivity contribution in [3.63, 3.8) is 0 Å². The van der Waals surface area contributed by atoms with E-state index in [1.165, 1.54) is 17.4 Å². The first-order chi connectivity index (χ1) is 19.5. The first-order valence-electron chi connectivity index (χ1n) is 13.3. The summed E-state index contributed by atoms with van der Waals surface area (Å²) in [6.07, 6.45) is 3.02. The number of aromatic nitrogens is 3. The quantitative estimate of drug-likeness (QED) is 0.265. The lowest BCUT2D eigenvalue weighted by atomic mass is 9.93. The van der Waals surface area contributed by atoms with Crippen LogP contribution in [-0.4, -0.2) is 56.3 Å². The van der Waals surface area contributed by atoms with Gasteiger partial charge in [0.05, 0.1) is 31.3 Å². The van der Waals surface area contributed by atoms with Gasteiger partial charge in [-0.1, -0.05) is 18.2 Å². The summed E-state index contributed by atoms with van der Waals surface area (Å²) in [5.74, 6) is 0.301. The van der Waals surface area contributed by atoms with Gasteiger partial charge >= 0.3 is 5.97 Å². The van der Waals surface area contributed by atoms with E-state index in [0.29, 0.717) is 35.3 Å². The van der Waals surface area contributed by atoms with E-state index in [0.717, 1.165) is 60.8 Å². The molecule has 4 aromatic rings. The Hall–Kier alpha value is -3.85. The molecule has 0 saturated carbocycles. The van der Waals surface area contributed by atoms with Gasteiger partial charge in [-0.15, -0.1) is 11.3 Å². The van der Waals surface area contributed by atoms with Crippen LogP contribution in [0.4, 0.5) is 10.1 Å². The molecule has 6 rings (SSSR count). The highest BCUT2D eigenvalue weighted by Gasteiger charge is 2.27. The summed E-state index contributed by atoms with van der Waals surface area (Å²) in [5, 5.41) is 9.42. The van der Waals surface area contributed by atoms with Gasteiger partial charge < -0.3 is 19.1 Å². The lowest BCUT2D eigenvalue weighted by molar-refractivity contribution is -0.0592. The van der Waals surface area contributed by atoms with Crippen molar-refractivity contribution in [3.8, 4) is 5.88 Å². The molecule has 3 aromatic heterocycles. The molecular formula is C29H28FN5O4S. The molecule has 2 aliphatic rings. The van der Waals surface area contributed by atoms with Gasteiger partial charge in [-0.2, -0.15) is 0 Å². The average molecular weight is 562 g/mol. The molecule has 1 unspecified atom stereocenters. The number of carbonyl (C=O) groups is 1. The molecule has 2 fully saturated rings. The SMILES string of the molecule is [C-]#[N+]c1ccc(COc2cccc(C3CCN(Cc4nc5sc(C(=O)O)cc5n4CC4CCO4)CC3)n2)c(F)c1. The van der Waals surface area contributed by atoms with E-state index < -0.39 is 11.8 Å². The van der Waals surface area contributed by atoms with Crippen molar-refractivity contribution < 1.29 is 23.8 Å². The van der Waals surface area contributed by atoms with Crippen LogP contribution in [0.3, 0.4) is 0 Å². The number of pyridine rings is 1. The summed E-state index contributed by atoms with van der Waals surface area (Å²) < 4.78 is 27.8. The van der Waals surface area contributed by atoms with E-state index in [-0.39, 0.29) is 18.4 Å². The Morgan fingerprint density at radius 3 is 2.73 bits per heavy atom. The summed E-state index contributed by atoms with van der Waals surface area (Å²) in [7, 11) is 0. The van der Waals surface area contributed by atoms with Crippen LogP contribution in [0.15, 0.2) is 42.5 Å². The molecule has 40 heavy (non-hydrogen) atoms. The number of rotatable bonds is 9. The van der Waals surface area contributed by atoms with E-state index in [9.17, 15) is 14.3 Å². The maximum absolute atomic E-state index is 14.2. The van der Waals surface area contributed by atoms with Gasteiger partial charge in [0.25, 0.3) is 0 Å². The number of hydrogen-bond donors (Lipinski definition) is 1. The van der Waals surface area contributed by atoms with E-state index in [1.807, 2.05) is 12.1 Å². The van der Waals surface area contributed by atoms with E-state index in [4.69, 9.17) is 26.0 Å². The van der Waals surface area contributed by atoms with Crippen LogP contribution in [-0.2, 0) is 24.4 Å². The topological polar surface area (TPSA) is 94.1 Å². The summed E-state index contributed by atoms with van der Waals surface area (Å²) in [5.41, 5.74) is 2.47. The summed E-state index contributed by atoms with van der Waals surface area (Å²) in [6.45, 7) is 11.0. The fourth-order valence-electron chi connectivity index (χ4n) is 5.22. The Kier molecular flexibility index (Phi) is 7.47. The van der Waals surface area contributed by atoms with Crippen molar-refractivity contribution in [2.75, 3.05) is 19.7 Å². The Morgan fingerprint density at radius 2 is 2.02 bits per heavy atom. The lowest BCUT2D eigenvalue weighted by Gasteiger charge is -2.32. The number of imidazole rings is 1. The van der Waals surface area contributed by atoms with Crippen molar-refractivity contribution in [2.45, 2.75) is 51.0 Å². The predicted octanol–water partition coefficient (Wildman–Crippen LogP) is 5.63. The highest BCUT2D eigenvalue weighted by molar-refractivity contribution is 7.20. The zero-order valence-electron chi connectivity index (χ0n) is 21.8. The molecule has 5 heterocycles. The molecule has 0 radical (unpaired) electrons. The van der Waals surface area contributed by atoms with Crippen LogP contribution in [0.1, 0.15) is 51.9 Å². The molecule has 2 saturated heterocycles. The third-order valence-corrected chi connectivity index (χ3v) is 8.58. The zero-order valence-corrected chi connectivity index (χ0v) is 22.6. The van der Waals surface area contributed by atoms with Gasteiger partial charge in [-0.25, -0.2) is 24.0 Å². The highest BCUT2D eigenvalue weighted by Crippen LogP contribution is 2.32. The van der Waals surface area contributed by atoms with Crippen LogP contribution in [0.2, 0.25) is 0 Å². The second-order valence-corrected chi connectivity index (χ2v) is 11.2. The first kappa shape index (κ1) is 26.4. The van der Waals surface area contributed by atoms with Crippen LogP contribution >= 0.6 is 11.3 Å². The molecule has 2 aliphatic heterocycles. The smallest absolute Gasteiger partial charge is 0.346 e. The second-order valence-electron chi connectivity index (χ2n) is 10.2. The number of nitrogens with zero attached hydrogens (tertiary/aromatic N) is 5. The number of benzene rings is 1. The first-order valence-corrected chi connectivity index (χ1v) is 14.1. The minimum atomic E-state index is -0.927. The Balaban J connectivity index is 1.08. The number of carboxylic acids is 1. The number of carboxylic acid groups (broad SMARTS) is 1. The summed E-state index contributed by atoms with van der Waals surface area (Å²) in [4.78, 5) is 27.7. The Bertz CT molecular complexity index is 1580. The Morgan fingerprint density at radius 1 is 1.20 bits per heavy atom. The third-order valence-electron chi connectivity index (χ3n) is 7.57. The largest absolute Gasteiger partial charge is 0.477 e. The monoisotopic (exact) mass is 561 g/mol. The lowest BCUT2D eigenvalue weighted by Crippen LogP contribution is -2.35. The number of likely N-dealkylation sites (tertiary alicyclic amines) is 1. The van der Waals surface area contributed by atoms with Crippen molar-refractivity contribution in [1.82, 2.24) is 19.4 Å². The van der Waals surface area contributed by atoms with Crippen molar-refractivity contribution >= 4 is 33.3 Å². The van der Waals surface area contributed by atoms with Gasteiger partial charge in [0.2, 0.25) is 5.88 Å². The molecule has 0 spiro atoms. The van der Waals surface area contributed by atoms with Crippen LogP contribution < -0.4 is 4.74 Å². The number of aromatic carboxylic acids is 1. The number of piperidine rings is 1. The van der Waals surface area contributed by atoms with Crippen molar-refractivity contribution in [3.05, 3.63) is 81.7 Å². The molecular weight excluding hydrogens is 533 g/mol. The summed E-state index contributed by atoms with van der Waals surface area (Å²) in [6, 6.07) is 11.8. The van der Waals surface area contributed by atoms with Crippen LogP contribution in [0, 0.1) is 12.4 Å². The number of hydrogen-bond acceptors (Lipinski definition) is 7. The minimum Gasteiger partial charge on any atom is -0.477 e. The molecule has 0 bridgehead atoms. The zero-order chi connectivity index (χ0) is 27.6. The molecule has 9 nitrogen and oxygen atoms in total. The average Bonchev–Trinajstić information content (AvgIpc) is 3.49. The highest BCUT2D eigenvalue weighted by atomic mass is 32.1. The third kappa shape index (κ3) is 5.56. The Labute approximate surface area is 234 Å². The normalized spacial score (nSPS) is 17.9. The fraction of sp³-hybridized carbons (Fsp3) is 0.379. The van der Waals surface area contributed by atoms with Gasteiger partial charge in [0, 0.05) is 29.8 Å². The van der Waals surface area contributed by atoms with Crippen LogP contribution in [0.5, 0.6) is 5.88 Å². The second kappa shape index (κ2) is 11.3. The molecule has 1 N–H and O–H groups in total. The van der Waals surface area contributed by atoms with Gasteiger partial charge in [-0.3, -0.25) is 4.90 Å².